The maximum Gasteiger partial charge on any atom is 0.244 e. The van der Waals surface area contributed by atoms with Crippen LogP contribution in [0.15, 0.2) is 41.0 Å². The highest BCUT2D eigenvalue weighted by Gasteiger charge is 2.36. The number of carbonyl (C=O) groups is 2. The Morgan fingerprint density at radius 2 is 2.04 bits per heavy atom. The number of aromatic nitrogens is 1. The van der Waals surface area contributed by atoms with E-state index in [-0.39, 0.29) is 23.8 Å². The lowest BCUT2D eigenvalue weighted by atomic mass is 10.1. The molecule has 3 rings (SSSR count). The quantitative estimate of drug-likeness (QED) is 0.892. The molecule has 1 atom stereocenters. The van der Waals surface area contributed by atoms with E-state index in [4.69, 9.17) is 4.42 Å². The number of nitrogens with one attached hydrogen (secondary N) is 1. The molecule has 1 aliphatic rings. The smallest absolute Gasteiger partial charge is 0.244 e. The molecule has 0 bridgehead atoms. The van der Waals surface area contributed by atoms with Crippen LogP contribution in [-0.4, -0.2) is 44.9 Å². The van der Waals surface area contributed by atoms with Crippen LogP contribution >= 0.6 is 11.8 Å². The summed E-state index contributed by atoms with van der Waals surface area (Å²) < 4.78 is 5.49. The Balaban J connectivity index is 1.66. The van der Waals surface area contributed by atoms with Gasteiger partial charge in [0.05, 0.1) is 18.0 Å². The van der Waals surface area contributed by atoms with Gasteiger partial charge in [0.1, 0.15) is 12.3 Å². The van der Waals surface area contributed by atoms with Gasteiger partial charge in [-0.1, -0.05) is 18.2 Å². The van der Waals surface area contributed by atoms with Gasteiger partial charge in [-0.25, -0.2) is 4.98 Å². The molecule has 7 heteroatoms. The number of nitrogens with zero attached hydrogens (tertiary/aromatic N) is 2. The van der Waals surface area contributed by atoms with Gasteiger partial charge in [-0.05, 0) is 32.9 Å². The molecular weight excluding hydrogens is 350 g/mol. The Morgan fingerprint density at radius 1 is 1.31 bits per heavy atom. The third-order valence-corrected chi connectivity index (χ3v) is 4.92. The second-order valence-electron chi connectivity index (χ2n) is 7.31. The SMILES string of the molecule is CC(C)(C)NC(=O)C1CSCN1C(=O)Cc1coc(-c2ccccc2)n1. The van der Waals surface area contributed by atoms with E-state index in [0.717, 1.165) is 5.56 Å². The lowest BCUT2D eigenvalue weighted by molar-refractivity contribution is -0.138. The predicted molar refractivity (Wildman–Crippen MR) is 101 cm³/mol. The van der Waals surface area contributed by atoms with Gasteiger partial charge in [-0.2, -0.15) is 0 Å². The molecule has 1 fully saturated rings. The molecule has 1 aliphatic heterocycles. The second kappa shape index (κ2) is 7.53. The molecule has 6 nitrogen and oxygen atoms in total. The minimum Gasteiger partial charge on any atom is -0.444 e. The van der Waals surface area contributed by atoms with Crippen LogP contribution in [0.5, 0.6) is 0 Å². The van der Waals surface area contributed by atoms with Gasteiger partial charge in [-0.3, -0.25) is 9.59 Å². The zero-order chi connectivity index (χ0) is 18.7. The molecule has 0 aliphatic carbocycles. The fourth-order valence-corrected chi connectivity index (χ4v) is 3.90. The highest BCUT2D eigenvalue weighted by Crippen LogP contribution is 2.24. The van der Waals surface area contributed by atoms with Crippen LogP contribution in [0.2, 0.25) is 0 Å². The van der Waals surface area contributed by atoms with Crippen molar-refractivity contribution in [1.29, 1.82) is 0 Å². The number of carbonyl (C=O) groups excluding carboxylic acids is 2. The van der Waals surface area contributed by atoms with Crippen molar-refractivity contribution < 1.29 is 14.0 Å². The molecule has 1 unspecified atom stereocenters. The first kappa shape index (κ1) is 18.5. The van der Waals surface area contributed by atoms with Gasteiger partial charge >= 0.3 is 0 Å². The fraction of sp³-hybridized carbons (Fsp3) is 0.421. The Labute approximate surface area is 157 Å². The molecule has 1 saturated heterocycles. The molecule has 26 heavy (non-hydrogen) atoms. The summed E-state index contributed by atoms with van der Waals surface area (Å²) in [5.74, 6) is 1.40. The summed E-state index contributed by atoms with van der Waals surface area (Å²) in [7, 11) is 0. The summed E-state index contributed by atoms with van der Waals surface area (Å²) in [4.78, 5) is 31.2. The first-order valence-corrected chi connectivity index (χ1v) is 9.68. The van der Waals surface area contributed by atoms with Gasteiger partial charge in [-0.15, -0.1) is 11.8 Å². The van der Waals surface area contributed by atoms with E-state index in [9.17, 15) is 9.59 Å². The normalized spacial score (nSPS) is 17.3. The lowest BCUT2D eigenvalue weighted by Gasteiger charge is -2.27. The minimum atomic E-state index is -0.438. The topological polar surface area (TPSA) is 75.4 Å². The van der Waals surface area contributed by atoms with E-state index in [1.165, 1.54) is 6.26 Å². The van der Waals surface area contributed by atoms with Crippen molar-refractivity contribution in [1.82, 2.24) is 15.2 Å². The lowest BCUT2D eigenvalue weighted by Crippen LogP contribution is -2.52. The second-order valence-corrected chi connectivity index (χ2v) is 8.31. The van der Waals surface area contributed by atoms with E-state index in [0.29, 0.717) is 23.2 Å². The molecule has 1 aromatic carbocycles. The maximum atomic E-state index is 12.7. The molecule has 0 radical (unpaired) electrons. The van der Waals surface area contributed by atoms with Crippen LogP contribution in [-0.2, 0) is 16.0 Å². The van der Waals surface area contributed by atoms with Gasteiger partial charge in [0.25, 0.3) is 0 Å². The van der Waals surface area contributed by atoms with Crippen molar-refractivity contribution in [3.05, 3.63) is 42.3 Å². The van der Waals surface area contributed by atoms with Crippen LogP contribution in [0.1, 0.15) is 26.5 Å². The monoisotopic (exact) mass is 373 g/mol. The molecular formula is C19H23N3O3S. The number of rotatable bonds is 4. The number of thioether (sulfide) groups is 1. The average molecular weight is 373 g/mol. The first-order chi connectivity index (χ1) is 12.3. The number of amides is 2. The van der Waals surface area contributed by atoms with Gasteiger partial charge < -0.3 is 14.6 Å². The van der Waals surface area contributed by atoms with Crippen LogP contribution in [0.25, 0.3) is 11.5 Å². The van der Waals surface area contributed by atoms with Gasteiger partial charge in [0.2, 0.25) is 17.7 Å². The van der Waals surface area contributed by atoms with E-state index >= 15 is 0 Å². The van der Waals surface area contributed by atoms with Crippen LogP contribution in [0, 0.1) is 0 Å². The molecule has 2 aromatic rings. The Kier molecular flexibility index (Phi) is 5.36. The highest BCUT2D eigenvalue weighted by molar-refractivity contribution is 7.99. The zero-order valence-corrected chi connectivity index (χ0v) is 16.0. The summed E-state index contributed by atoms with van der Waals surface area (Å²) in [6.07, 6.45) is 1.63. The number of benzene rings is 1. The Bertz CT molecular complexity index is 783. The number of hydrogen-bond donors (Lipinski definition) is 1. The van der Waals surface area contributed by atoms with Crippen LogP contribution in [0.3, 0.4) is 0 Å². The zero-order valence-electron chi connectivity index (χ0n) is 15.2. The Hall–Kier alpha value is -2.28. The summed E-state index contributed by atoms with van der Waals surface area (Å²) >= 11 is 1.59. The molecule has 1 N–H and O–H groups in total. The van der Waals surface area contributed by atoms with E-state index in [1.807, 2.05) is 51.1 Å². The Morgan fingerprint density at radius 3 is 2.73 bits per heavy atom. The number of hydrogen-bond acceptors (Lipinski definition) is 5. The molecule has 2 amide bonds. The first-order valence-electron chi connectivity index (χ1n) is 8.52. The minimum absolute atomic E-state index is 0.110. The third kappa shape index (κ3) is 4.46. The van der Waals surface area contributed by atoms with Crippen molar-refractivity contribution in [2.24, 2.45) is 0 Å². The third-order valence-electron chi connectivity index (χ3n) is 3.91. The molecule has 138 valence electrons. The van der Waals surface area contributed by atoms with Crippen LogP contribution in [0.4, 0.5) is 0 Å². The van der Waals surface area contributed by atoms with Crippen molar-refractivity contribution in [2.75, 3.05) is 11.6 Å². The summed E-state index contributed by atoms with van der Waals surface area (Å²) in [5.41, 5.74) is 1.11. The summed E-state index contributed by atoms with van der Waals surface area (Å²) in [6.45, 7) is 5.79. The summed E-state index contributed by atoms with van der Waals surface area (Å²) in [6, 6.07) is 9.11. The van der Waals surface area contributed by atoms with Crippen LogP contribution < -0.4 is 5.32 Å². The molecule has 0 saturated carbocycles. The van der Waals surface area contributed by atoms with E-state index < -0.39 is 6.04 Å². The maximum absolute atomic E-state index is 12.7. The molecule has 2 heterocycles. The largest absolute Gasteiger partial charge is 0.444 e. The summed E-state index contributed by atoms with van der Waals surface area (Å²) in [5, 5.41) is 2.96. The van der Waals surface area contributed by atoms with Crippen molar-refractivity contribution in [3.8, 4) is 11.5 Å². The predicted octanol–water partition coefficient (Wildman–Crippen LogP) is 2.70. The fourth-order valence-electron chi connectivity index (χ4n) is 2.72. The highest BCUT2D eigenvalue weighted by atomic mass is 32.2. The van der Waals surface area contributed by atoms with E-state index in [2.05, 4.69) is 10.3 Å². The molecule has 1 aromatic heterocycles. The average Bonchev–Trinajstić information content (AvgIpc) is 3.23. The van der Waals surface area contributed by atoms with Crippen molar-refractivity contribution in [3.63, 3.8) is 0 Å². The van der Waals surface area contributed by atoms with Gasteiger partial charge in [0, 0.05) is 16.9 Å². The van der Waals surface area contributed by atoms with Crippen molar-refractivity contribution in [2.45, 2.75) is 38.8 Å². The molecule has 0 spiro atoms. The van der Waals surface area contributed by atoms with Gasteiger partial charge in [0.15, 0.2) is 0 Å². The van der Waals surface area contributed by atoms with Crippen molar-refractivity contribution >= 4 is 23.6 Å². The van der Waals surface area contributed by atoms with E-state index in [1.54, 1.807) is 16.7 Å². The standard InChI is InChI=1S/C19H23N3O3S/c1-19(2,3)21-17(24)15-11-26-12-22(15)16(23)9-14-10-25-18(20-14)13-7-5-4-6-8-13/h4-8,10,15H,9,11-12H2,1-3H3,(H,21,24). The number of oxazole rings is 1.